The van der Waals surface area contributed by atoms with E-state index in [9.17, 15) is 9.18 Å². The van der Waals surface area contributed by atoms with Crippen LogP contribution in [0.2, 0.25) is 0 Å². The molecule has 34 heavy (non-hydrogen) atoms. The number of benzene rings is 4. The van der Waals surface area contributed by atoms with Crippen LogP contribution in [-0.2, 0) is 6.61 Å². The van der Waals surface area contributed by atoms with Crippen LogP contribution in [0.25, 0.3) is 11.1 Å². The number of hydrogen-bond donors (Lipinski definition) is 1. The van der Waals surface area contributed by atoms with Gasteiger partial charge in [-0.2, -0.15) is 0 Å². The lowest BCUT2D eigenvalue weighted by Gasteiger charge is -2.16. The molecule has 4 aromatic carbocycles. The standard InChI is InChI=1S/C29H26FNO3/c1-20(21-8-13-26(30)14-9-21)31-29(32)24-12-17-28(33-2)25(18-24)19-34-27-15-10-23(11-16-27)22-6-4-3-5-7-22/h3-18,20H,19H2,1-2H3,(H,31,32)/t20-/m0/s1. The molecule has 0 saturated carbocycles. The molecule has 0 aliphatic rings. The number of nitrogens with one attached hydrogen (secondary N) is 1. The Hall–Kier alpha value is -4.12. The predicted octanol–water partition coefficient (Wildman–Crippen LogP) is 6.57. The molecule has 0 aliphatic carbocycles. The first-order valence-electron chi connectivity index (χ1n) is 11.0. The fourth-order valence-electron chi connectivity index (χ4n) is 3.68. The van der Waals surface area contributed by atoms with Gasteiger partial charge in [0.15, 0.2) is 0 Å². The minimum Gasteiger partial charge on any atom is -0.496 e. The summed E-state index contributed by atoms with van der Waals surface area (Å²) in [6.45, 7) is 2.11. The monoisotopic (exact) mass is 455 g/mol. The molecule has 1 N–H and O–H groups in total. The van der Waals surface area contributed by atoms with Gasteiger partial charge in [-0.25, -0.2) is 4.39 Å². The highest BCUT2D eigenvalue weighted by atomic mass is 19.1. The lowest BCUT2D eigenvalue weighted by molar-refractivity contribution is 0.0939. The molecule has 0 heterocycles. The van der Waals surface area contributed by atoms with Gasteiger partial charge < -0.3 is 14.8 Å². The molecule has 5 heteroatoms. The smallest absolute Gasteiger partial charge is 0.251 e. The highest BCUT2D eigenvalue weighted by molar-refractivity contribution is 5.94. The van der Waals surface area contributed by atoms with Gasteiger partial charge in [0.05, 0.1) is 13.2 Å². The van der Waals surface area contributed by atoms with E-state index >= 15 is 0 Å². The second kappa shape index (κ2) is 10.7. The Labute approximate surface area is 199 Å². The third kappa shape index (κ3) is 5.62. The fourth-order valence-corrected chi connectivity index (χ4v) is 3.68. The van der Waals surface area contributed by atoms with Crippen LogP contribution in [-0.4, -0.2) is 13.0 Å². The van der Waals surface area contributed by atoms with Gasteiger partial charge >= 0.3 is 0 Å². The summed E-state index contributed by atoms with van der Waals surface area (Å²) in [5.74, 6) is 0.829. The van der Waals surface area contributed by atoms with Crippen LogP contribution in [0.5, 0.6) is 11.5 Å². The Kier molecular flexibility index (Phi) is 7.23. The van der Waals surface area contributed by atoms with Crippen molar-refractivity contribution in [1.29, 1.82) is 0 Å². The molecular weight excluding hydrogens is 429 g/mol. The molecule has 0 bridgehead atoms. The van der Waals surface area contributed by atoms with E-state index < -0.39 is 0 Å². The molecule has 0 unspecified atom stereocenters. The average Bonchev–Trinajstić information content (AvgIpc) is 2.88. The zero-order valence-electron chi connectivity index (χ0n) is 19.1. The predicted molar refractivity (Wildman–Crippen MR) is 131 cm³/mol. The molecule has 1 amide bonds. The number of carbonyl (C=O) groups is 1. The Morgan fingerprint density at radius 1 is 0.882 bits per heavy atom. The summed E-state index contributed by atoms with van der Waals surface area (Å²) in [7, 11) is 1.59. The molecule has 0 fully saturated rings. The molecule has 4 aromatic rings. The molecule has 0 aromatic heterocycles. The van der Waals surface area contributed by atoms with E-state index in [-0.39, 0.29) is 24.4 Å². The molecule has 172 valence electrons. The number of rotatable bonds is 8. The molecular formula is C29H26FNO3. The van der Waals surface area contributed by atoms with Crippen LogP contribution >= 0.6 is 0 Å². The zero-order valence-corrected chi connectivity index (χ0v) is 19.1. The Balaban J connectivity index is 1.43. The SMILES string of the molecule is COc1ccc(C(=O)N[C@@H](C)c2ccc(F)cc2)cc1COc1ccc(-c2ccccc2)cc1. The van der Waals surface area contributed by atoms with Crippen LogP contribution in [0.1, 0.15) is 34.5 Å². The van der Waals surface area contributed by atoms with E-state index in [1.165, 1.54) is 12.1 Å². The first-order chi connectivity index (χ1) is 16.5. The highest BCUT2D eigenvalue weighted by Crippen LogP contribution is 2.25. The number of ether oxygens (including phenoxy) is 2. The van der Waals surface area contributed by atoms with Crippen molar-refractivity contribution < 1.29 is 18.7 Å². The Morgan fingerprint density at radius 3 is 2.24 bits per heavy atom. The van der Waals surface area contributed by atoms with Gasteiger partial charge in [-0.15, -0.1) is 0 Å². The zero-order chi connectivity index (χ0) is 23.9. The molecule has 0 aliphatic heterocycles. The summed E-state index contributed by atoms with van der Waals surface area (Å²) >= 11 is 0. The van der Waals surface area contributed by atoms with Gasteiger partial charge in [0.2, 0.25) is 0 Å². The highest BCUT2D eigenvalue weighted by Gasteiger charge is 2.14. The lowest BCUT2D eigenvalue weighted by Crippen LogP contribution is -2.26. The third-order valence-corrected chi connectivity index (χ3v) is 5.62. The number of hydrogen-bond acceptors (Lipinski definition) is 3. The van der Waals surface area contributed by atoms with Crippen LogP contribution in [0.4, 0.5) is 4.39 Å². The topological polar surface area (TPSA) is 47.6 Å². The summed E-state index contributed by atoms with van der Waals surface area (Å²) < 4.78 is 24.6. The molecule has 0 saturated heterocycles. The largest absolute Gasteiger partial charge is 0.496 e. The Bertz CT molecular complexity index is 1240. The maximum Gasteiger partial charge on any atom is 0.251 e. The maximum absolute atomic E-state index is 13.2. The van der Waals surface area contributed by atoms with Gasteiger partial charge in [-0.1, -0.05) is 54.6 Å². The Morgan fingerprint density at radius 2 is 1.56 bits per heavy atom. The van der Waals surface area contributed by atoms with Crippen LogP contribution in [0.15, 0.2) is 97.1 Å². The van der Waals surface area contributed by atoms with Crippen molar-refractivity contribution in [3.63, 3.8) is 0 Å². The number of halogens is 1. The van der Waals surface area contributed by atoms with Gasteiger partial charge in [0, 0.05) is 11.1 Å². The summed E-state index contributed by atoms with van der Waals surface area (Å²) in [6, 6.07) is 29.1. The first-order valence-corrected chi connectivity index (χ1v) is 11.0. The van der Waals surface area contributed by atoms with Crippen molar-refractivity contribution in [3.05, 3.63) is 120 Å². The summed E-state index contributed by atoms with van der Waals surface area (Å²) in [6.07, 6.45) is 0. The average molecular weight is 456 g/mol. The number of carbonyl (C=O) groups excluding carboxylic acids is 1. The summed E-state index contributed by atoms with van der Waals surface area (Å²) in [5.41, 5.74) is 4.33. The normalized spacial score (nSPS) is 11.5. The number of methoxy groups -OCH3 is 1. The molecule has 0 spiro atoms. The third-order valence-electron chi connectivity index (χ3n) is 5.62. The second-order valence-electron chi connectivity index (χ2n) is 7.95. The minimum atomic E-state index is -0.309. The van der Waals surface area contributed by atoms with E-state index in [4.69, 9.17) is 9.47 Å². The van der Waals surface area contributed by atoms with Crippen molar-refractivity contribution in [3.8, 4) is 22.6 Å². The van der Waals surface area contributed by atoms with E-state index in [0.29, 0.717) is 11.3 Å². The van der Waals surface area contributed by atoms with E-state index in [0.717, 1.165) is 28.0 Å². The quantitative estimate of drug-likeness (QED) is 0.327. The number of amides is 1. The van der Waals surface area contributed by atoms with Crippen LogP contribution in [0, 0.1) is 5.82 Å². The summed E-state index contributed by atoms with van der Waals surface area (Å²) in [4.78, 5) is 12.8. The van der Waals surface area contributed by atoms with Crippen molar-refractivity contribution in [1.82, 2.24) is 5.32 Å². The van der Waals surface area contributed by atoms with Crippen molar-refractivity contribution >= 4 is 5.91 Å². The minimum absolute atomic E-state index is 0.229. The molecule has 4 nitrogen and oxygen atoms in total. The van der Waals surface area contributed by atoms with E-state index in [1.807, 2.05) is 49.4 Å². The molecule has 4 rings (SSSR count). The molecule has 1 atom stereocenters. The van der Waals surface area contributed by atoms with Crippen LogP contribution < -0.4 is 14.8 Å². The van der Waals surface area contributed by atoms with Gasteiger partial charge in [0.25, 0.3) is 5.91 Å². The van der Waals surface area contributed by atoms with Crippen molar-refractivity contribution in [2.45, 2.75) is 19.6 Å². The maximum atomic E-state index is 13.2. The molecule has 0 radical (unpaired) electrons. The fraction of sp³-hybridized carbons (Fsp3) is 0.138. The van der Waals surface area contributed by atoms with Gasteiger partial charge in [0.1, 0.15) is 23.9 Å². The van der Waals surface area contributed by atoms with E-state index in [2.05, 4.69) is 17.4 Å². The lowest BCUT2D eigenvalue weighted by atomic mass is 10.1. The van der Waals surface area contributed by atoms with Crippen molar-refractivity contribution in [2.75, 3.05) is 7.11 Å². The van der Waals surface area contributed by atoms with Gasteiger partial charge in [-0.3, -0.25) is 4.79 Å². The van der Waals surface area contributed by atoms with Crippen LogP contribution in [0.3, 0.4) is 0 Å². The second-order valence-corrected chi connectivity index (χ2v) is 7.95. The van der Waals surface area contributed by atoms with Gasteiger partial charge in [-0.05, 0) is 66.1 Å². The summed E-state index contributed by atoms with van der Waals surface area (Å²) in [5, 5.41) is 2.95. The van der Waals surface area contributed by atoms with Crippen molar-refractivity contribution in [2.24, 2.45) is 0 Å². The van der Waals surface area contributed by atoms with E-state index in [1.54, 1.807) is 37.4 Å². The first kappa shape index (κ1) is 23.1.